The van der Waals surface area contributed by atoms with Crippen molar-refractivity contribution >= 4 is 26.5 Å². The molecule has 2 aromatic heterocycles. The zero-order valence-electron chi connectivity index (χ0n) is 8.40. The number of thiazole rings is 1. The molecule has 1 aromatic carbocycles. The van der Waals surface area contributed by atoms with E-state index in [9.17, 15) is 0 Å². The van der Waals surface area contributed by atoms with Crippen LogP contribution < -0.4 is 5.73 Å². The smallest absolute Gasteiger partial charge is 0.194 e. The van der Waals surface area contributed by atoms with Gasteiger partial charge in [-0.3, -0.25) is 4.40 Å². The molecule has 0 spiro atoms. The molecule has 0 unspecified atom stereocenters. The maximum atomic E-state index is 5.62. The van der Waals surface area contributed by atoms with E-state index >= 15 is 0 Å². The fourth-order valence-electron chi connectivity index (χ4n) is 1.78. The monoisotopic (exact) mass is 217 g/mol. The van der Waals surface area contributed by atoms with E-state index in [-0.39, 0.29) is 0 Å². The number of hydrogen-bond acceptors (Lipinski definition) is 3. The van der Waals surface area contributed by atoms with Crippen LogP contribution >= 0.6 is 11.3 Å². The molecular formula is C11H11N3S. The van der Waals surface area contributed by atoms with Gasteiger partial charge in [0.25, 0.3) is 0 Å². The predicted molar refractivity (Wildman–Crippen MR) is 63.2 cm³/mol. The third-order valence-electron chi connectivity index (χ3n) is 2.51. The summed E-state index contributed by atoms with van der Waals surface area (Å²) in [7, 11) is 0. The largest absolute Gasteiger partial charge is 0.326 e. The second-order valence-electron chi connectivity index (χ2n) is 3.64. The van der Waals surface area contributed by atoms with Crippen molar-refractivity contribution in [3.63, 3.8) is 0 Å². The summed E-state index contributed by atoms with van der Waals surface area (Å²) in [4.78, 5) is 5.51. The molecule has 4 heteroatoms. The summed E-state index contributed by atoms with van der Waals surface area (Å²) in [5.74, 6) is 0. The van der Waals surface area contributed by atoms with Crippen molar-refractivity contribution in [1.82, 2.24) is 9.38 Å². The number of fused-ring (bicyclic) bond motifs is 3. The molecule has 3 rings (SSSR count). The van der Waals surface area contributed by atoms with Crippen molar-refractivity contribution in [2.75, 3.05) is 0 Å². The lowest BCUT2D eigenvalue weighted by molar-refractivity contribution is 1.07. The lowest BCUT2D eigenvalue weighted by atomic mass is 10.2. The molecule has 2 N–H and O–H groups in total. The van der Waals surface area contributed by atoms with Crippen molar-refractivity contribution in [2.24, 2.45) is 5.73 Å². The van der Waals surface area contributed by atoms with Gasteiger partial charge in [0, 0.05) is 12.7 Å². The van der Waals surface area contributed by atoms with Crippen LogP contribution in [0.4, 0.5) is 0 Å². The van der Waals surface area contributed by atoms with Crippen molar-refractivity contribution in [3.8, 4) is 0 Å². The number of rotatable bonds is 1. The van der Waals surface area contributed by atoms with Crippen LogP contribution in [-0.2, 0) is 6.54 Å². The van der Waals surface area contributed by atoms with Gasteiger partial charge < -0.3 is 5.73 Å². The van der Waals surface area contributed by atoms with Crippen LogP contribution in [0.25, 0.3) is 15.2 Å². The Bertz CT molecular complexity index is 636. The number of nitrogens with two attached hydrogens (primary N) is 1. The van der Waals surface area contributed by atoms with Gasteiger partial charge in [-0.2, -0.15) is 0 Å². The quantitative estimate of drug-likeness (QED) is 0.679. The Balaban J connectivity index is 2.40. The third kappa shape index (κ3) is 1.26. The number of benzene rings is 1. The Morgan fingerprint density at radius 1 is 1.47 bits per heavy atom. The van der Waals surface area contributed by atoms with Gasteiger partial charge in [-0.25, -0.2) is 4.98 Å². The Morgan fingerprint density at radius 2 is 2.33 bits per heavy atom. The summed E-state index contributed by atoms with van der Waals surface area (Å²) < 4.78 is 3.38. The second kappa shape index (κ2) is 3.05. The third-order valence-corrected chi connectivity index (χ3v) is 3.53. The first-order chi connectivity index (χ1) is 7.28. The van der Waals surface area contributed by atoms with Crippen molar-refractivity contribution in [3.05, 3.63) is 35.7 Å². The van der Waals surface area contributed by atoms with Gasteiger partial charge in [0.05, 0.1) is 15.9 Å². The van der Waals surface area contributed by atoms with E-state index in [1.807, 2.05) is 6.92 Å². The summed E-state index contributed by atoms with van der Waals surface area (Å²) in [6.07, 6.45) is 2.07. The molecule has 0 aliphatic heterocycles. The van der Waals surface area contributed by atoms with Crippen LogP contribution in [0.5, 0.6) is 0 Å². The van der Waals surface area contributed by atoms with Crippen LogP contribution in [0.3, 0.4) is 0 Å². The first-order valence-corrected chi connectivity index (χ1v) is 5.67. The molecular weight excluding hydrogens is 206 g/mol. The molecule has 0 radical (unpaired) electrons. The number of imidazole rings is 1. The summed E-state index contributed by atoms with van der Waals surface area (Å²) in [6.45, 7) is 2.61. The molecule has 76 valence electrons. The minimum absolute atomic E-state index is 0.592. The van der Waals surface area contributed by atoms with Crippen LogP contribution in [0.15, 0.2) is 24.4 Å². The normalized spacial score (nSPS) is 11.6. The highest BCUT2D eigenvalue weighted by Gasteiger charge is 2.06. The zero-order chi connectivity index (χ0) is 10.4. The molecule has 3 aromatic rings. The van der Waals surface area contributed by atoms with Gasteiger partial charge in [0.2, 0.25) is 0 Å². The molecule has 0 fully saturated rings. The van der Waals surface area contributed by atoms with E-state index in [0.717, 1.165) is 10.7 Å². The van der Waals surface area contributed by atoms with E-state index in [1.54, 1.807) is 11.3 Å². The molecule has 0 aliphatic carbocycles. The molecule has 0 atom stereocenters. The highest BCUT2D eigenvalue weighted by Crippen LogP contribution is 2.26. The molecule has 0 aliphatic rings. The minimum atomic E-state index is 0.592. The fourth-order valence-corrected chi connectivity index (χ4v) is 2.90. The van der Waals surface area contributed by atoms with Gasteiger partial charge in [-0.05, 0) is 24.6 Å². The summed E-state index contributed by atoms with van der Waals surface area (Å²) in [6, 6.07) is 6.33. The van der Waals surface area contributed by atoms with Gasteiger partial charge in [0.1, 0.15) is 0 Å². The number of aryl methyl sites for hydroxylation is 1. The zero-order valence-corrected chi connectivity index (χ0v) is 9.21. The number of hydrogen-bond donors (Lipinski definition) is 1. The van der Waals surface area contributed by atoms with Gasteiger partial charge in [-0.15, -0.1) is 0 Å². The lowest BCUT2D eigenvalue weighted by Crippen LogP contribution is -1.94. The Labute approximate surface area is 91.2 Å². The van der Waals surface area contributed by atoms with Crippen molar-refractivity contribution in [2.45, 2.75) is 13.5 Å². The topological polar surface area (TPSA) is 43.3 Å². The summed E-state index contributed by atoms with van der Waals surface area (Å²) in [5.41, 5.74) is 9.06. The number of aromatic nitrogens is 2. The van der Waals surface area contributed by atoms with Crippen molar-refractivity contribution in [1.29, 1.82) is 0 Å². The minimum Gasteiger partial charge on any atom is -0.326 e. The average molecular weight is 217 g/mol. The molecule has 0 amide bonds. The SMILES string of the molecule is Cc1cn2c(n1)sc1cc(CN)ccc12. The highest BCUT2D eigenvalue weighted by molar-refractivity contribution is 7.23. The van der Waals surface area contributed by atoms with Crippen LogP contribution in [-0.4, -0.2) is 9.38 Å². The van der Waals surface area contributed by atoms with Crippen LogP contribution in [0.2, 0.25) is 0 Å². The van der Waals surface area contributed by atoms with Crippen molar-refractivity contribution < 1.29 is 0 Å². The first kappa shape index (κ1) is 8.88. The molecule has 2 heterocycles. The Kier molecular flexibility index (Phi) is 1.81. The first-order valence-electron chi connectivity index (χ1n) is 4.85. The van der Waals surface area contributed by atoms with Crippen LogP contribution in [0, 0.1) is 6.92 Å². The molecule has 15 heavy (non-hydrogen) atoms. The van der Waals surface area contributed by atoms with Gasteiger partial charge in [-0.1, -0.05) is 17.4 Å². The Hall–Kier alpha value is -1.39. The maximum Gasteiger partial charge on any atom is 0.194 e. The van der Waals surface area contributed by atoms with Crippen LogP contribution in [0.1, 0.15) is 11.3 Å². The predicted octanol–water partition coefficient (Wildman–Crippen LogP) is 2.32. The molecule has 0 saturated heterocycles. The van der Waals surface area contributed by atoms with Gasteiger partial charge in [0.15, 0.2) is 4.96 Å². The Morgan fingerprint density at radius 3 is 3.13 bits per heavy atom. The van der Waals surface area contributed by atoms with E-state index < -0.39 is 0 Å². The van der Waals surface area contributed by atoms with E-state index in [2.05, 4.69) is 33.8 Å². The standard InChI is InChI=1S/C11H11N3S/c1-7-6-14-9-3-2-8(5-12)4-10(9)15-11(14)13-7/h2-4,6H,5,12H2,1H3. The lowest BCUT2D eigenvalue weighted by Gasteiger charge is -1.95. The highest BCUT2D eigenvalue weighted by atomic mass is 32.1. The van der Waals surface area contributed by atoms with E-state index in [0.29, 0.717) is 6.54 Å². The fraction of sp³-hybridized carbons (Fsp3) is 0.182. The summed E-state index contributed by atoms with van der Waals surface area (Å²) >= 11 is 1.71. The second-order valence-corrected chi connectivity index (χ2v) is 4.65. The summed E-state index contributed by atoms with van der Waals surface area (Å²) in [5, 5.41) is 0. The molecule has 3 nitrogen and oxygen atoms in total. The van der Waals surface area contributed by atoms with Gasteiger partial charge >= 0.3 is 0 Å². The van der Waals surface area contributed by atoms with E-state index in [4.69, 9.17) is 5.73 Å². The molecule has 0 saturated carbocycles. The number of nitrogens with zero attached hydrogens (tertiary/aromatic N) is 2. The average Bonchev–Trinajstić information content (AvgIpc) is 2.72. The van der Waals surface area contributed by atoms with E-state index in [1.165, 1.54) is 15.8 Å². The maximum absolute atomic E-state index is 5.62. The molecule has 0 bridgehead atoms.